The Hall–Kier alpha value is -0.690. The number of rotatable bonds is 2. The molecule has 1 fully saturated rings. The normalized spacial score (nSPS) is 17.6. The Bertz CT molecular complexity index is 529. The lowest BCUT2D eigenvalue weighted by atomic mass is 10.2. The zero-order valence-electron chi connectivity index (χ0n) is 10.7. The Balaban J connectivity index is 0.00000180. The van der Waals surface area contributed by atoms with Crippen LogP contribution in [0.3, 0.4) is 0 Å². The Morgan fingerprint density at radius 3 is 2.74 bits per heavy atom. The maximum atomic E-state index is 13.2. The molecule has 1 aliphatic rings. The van der Waals surface area contributed by atoms with E-state index in [0.717, 1.165) is 19.0 Å². The molecule has 7 heteroatoms. The number of hydrogen-bond acceptors (Lipinski definition) is 3. The average Bonchev–Trinajstić information content (AvgIpc) is 2.61. The zero-order chi connectivity index (χ0) is 13.2. The number of sulfonamides is 1. The van der Waals surface area contributed by atoms with Gasteiger partial charge in [-0.1, -0.05) is 6.07 Å². The van der Waals surface area contributed by atoms with E-state index < -0.39 is 15.8 Å². The number of nitrogens with one attached hydrogen (secondary N) is 1. The van der Waals surface area contributed by atoms with Crippen molar-refractivity contribution in [3.63, 3.8) is 0 Å². The Morgan fingerprint density at radius 2 is 2.00 bits per heavy atom. The Morgan fingerprint density at radius 1 is 1.26 bits per heavy atom. The Labute approximate surface area is 119 Å². The quantitative estimate of drug-likeness (QED) is 0.901. The summed E-state index contributed by atoms with van der Waals surface area (Å²) in [5.41, 5.74) is 0.577. The van der Waals surface area contributed by atoms with Crippen LogP contribution in [0.1, 0.15) is 12.0 Å². The molecule has 0 aliphatic carbocycles. The van der Waals surface area contributed by atoms with Gasteiger partial charge in [0, 0.05) is 19.6 Å². The molecule has 2 rings (SSSR count). The molecule has 0 aromatic heterocycles. The maximum Gasteiger partial charge on any atom is 0.243 e. The van der Waals surface area contributed by atoms with Crippen molar-refractivity contribution in [2.75, 3.05) is 26.2 Å². The van der Waals surface area contributed by atoms with Gasteiger partial charge in [-0.25, -0.2) is 12.8 Å². The highest BCUT2D eigenvalue weighted by Gasteiger charge is 2.26. The largest absolute Gasteiger partial charge is 0.315 e. The first-order chi connectivity index (χ1) is 8.51. The second-order valence-corrected chi connectivity index (χ2v) is 6.32. The fourth-order valence-corrected chi connectivity index (χ4v) is 3.77. The van der Waals surface area contributed by atoms with Gasteiger partial charge < -0.3 is 5.32 Å². The van der Waals surface area contributed by atoms with E-state index in [1.807, 2.05) is 0 Å². The molecular weight excluding hydrogens is 291 g/mol. The van der Waals surface area contributed by atoms with Gasteiger partial charge in [0.25, 0.3) is 0 Å². The molecule has 4 nitrogen and oxygen atoms in total. The molecule has 1 N–H and O–H groups in total. The van der Waals surface area contributed by atoms with Gasteiger partial charge in [-0.3, -0.25) is 0 Å². The molecule has 108 valence electrons. The van der Waals surface area contributed by atoms with Crippen LogP contribution in [0, 0.1) is 12.7 Å². The van der Waals surface area contributed by atoms with Crippen LogP contribution < -0.4 is 5.32 Å². The van der Waals surface area contributed by atoms with Crippen molar-refractivity contribution in [3.8, 4) is 0 Å². The van der Waals surface area contributed by atoms with E-state index in [-0.39, 0.29) is 17.3 Å². The van der Waals surface area contributed by atoms with Crippen LogP contribution >= 0.6 is 12.4 Å². The third-order valence-corrected chi connectivity index (χ3v) is 5.11. The molecule has 0 spiro atoms. The average molecular weight is 309 g/mol. The summed E-state index contributed by atoms with van der Waals surface area (Å²) in [6.07, 6.45) is 0.771. The van der Waals surface area contributed by atoms with Gasteiger partial charge in [0.2, 0.25) is 10.0 Å². The minimum absolute atomic E-state index is 0. The lowest BCUT2D eigenvalue weighted by molar-refractivity contribution is 0.431. The highest BCUT2D eigenvalue weighted by Crippen LogP contribution is 2.21. The predicted octanol–water partition coefficient (Wildman–Crippen LogP) is 1.54. The molecule has 0 unspecified atom stereocenters. The van der Waals surface area contributed by atoms with Gasteiger partial charge in [-0.05, 0) is 37.6 Å². The fourth-order valence-electron chi connectivity index (χ4n) is 2.05. The molecule has 0 bridgehead atoms. The number of benzene rings is 1. The van der Waals surface area contributed by atoms with Crippen LogP contribution in [0.5, 0.6) is 0 Å². The second-order valence-electron chi connectivity index (χ2n) is 4.42. The highest BCUT2D eigenvalue weighted by molar-refractivity contribution is 7.89. The number of nitrogens with zero attached hydrogens (tertiary/aromatic N) is 1. The number of aryl methyl sites for hydroxylation is 1. The molecule has 19 heavy (non-hydrogen) atoms. The van der Waals surface area contributed by atoms with Crippen molar-refractivity contribution in [2.24, 2.45) is 0 Å². The fraction of sp³-hybridized carbons (Fsp3) is 0.500. The summed E-state index contributed by atoms with van der Waals surface area (Å²) in [6.45, 7) is 4.04. The first-order valence-electron chi connectivity index (χ1n) is 5.99. The van der Waals surface area contributed by atoms with Crippen LogP contribution in [0.4, 0.5) is 4.39 Å². The summed E-state index contributed by atoms with van der Waals surface area (Å²) in [5, 5.41) is 3.15. The lowest BCUT2D eigenvalue weighted by Gasteiger charge is -2.20. The van der Waals surface area contributed by atoms with Gasteiger partial charge in [0.05, 0.1) is 4.90 Å². The van der Waals surface area contributed by atoms with Crippen LogP contribution in [0.25, 0.3) is 0 Å². The molecule has 1 saturated heterocycles. The van der Waals surface area contributed by atoms with Crippen LogP contribution in [-0.4, -0.2) is 38.9 Å². The lowest BCUT2D eigenvalue weighted by Crippen LogP contribution is -2.34. The van der Waals surface area contributed by atoms with Crippen molar-refractivity contribution >= 4 is 22.4 Å². The second kappa shape index (κ2) is 6.65. The molecule has 1 aromatic carbocycles. The highest BCUT2D eigenvalue weighted by atomic mass is 35.5. The molecule has 0 amide bonds. The predicted molar refractivity (Wildman–Crippen MR) is 74.6 cm³/mol. The summed E-state index contributed by atoms with van der Waals surface area (Å²) < 4.78 is 39.5. The molecule has 0 saturated carbocycles. The minimum atomic E-state index is -3.59. The molecule has 1 heterocycles. The molecule has 0 atom stereocenters. The number of halogens is 2. The van der Waals surface area contributed by atoms with Gasteiger partial charge in [0.15, 0.2) is 0 Å². The molecule has 0 radical (unpaired) electrons. The van der Waals surface area contributed by atoms with E-state index in [1.54, 1.807) is 6.92 Å². The smallest absolute Gasteiger partial charge is 0.243 e. The van der Waals surface area contributed by atoms with E-state index in [4.69, 9.17) is 0 Å². The minimum Gasteiger partial charge on any atom is -0.315 e. The zero-order valence-corrected chi connectivity index (χ0v) is 12.4. The van der Waals surface area contributed by atoms with Gasteiger partial charge in [-0.15, -0.1) is 12.4 Å². The molecule has 1 aromatic rings. The topological polar surface area (TPSA) is 49.4 Å². The van der Waals surface area contributed by atoms with Crippen LogP contribution in [0.15, 0.2) is 23.1 Å². The van der Waals surface area contributed by atoms with Gasteiger partial charge in [0.1, 0.15) is 5.82 Å². The third kappa shape index (κ3) is 3.66. The van der Waals surface area contributed by atoms with Crippen LogP contribution in [0.2, 0.25) is 0 Å². The van der Waals surface area contributed by atoms with E-state index in [2.05, 4.69) is 5.32 Å². The van der Waals surface area contributed by atoms with Crippen molar-refractivity contribution in [3.05, 3.63) is 29.6 Å². The summed E-state index contributed by atoms with van der Waals surface area (Å²) in [5.74, 6) is -0.521. The Kier molecular flexibility index (Phi) is 5.73. The van der Waals surface area contributed by atoms with E-state index in [0.29, 0.717) is 25.2 Å². The van der Waals surface area contributed by atoms with Gasteiger partial charge in [-0.2, -0.15) is 4.31 Å². The van der Waals surface area contributed by atoms with Crippen molar-refractivity contribution in [2.45, 2.75) is 18.2 Å². The van der Waals surface area contributed by atoms with Crippen LogP contribution in [-0.2, 0) is 10.0 Å². The maximum absolute atomic E-state index is 13.2. The van der Waals surface area contributed by atoms with Crippen molar-refractivity contribution in [1.29, 1.82) is 0 Å². The van der Waals surface area contributed by atoms with Gasteiger partial charge >= 0.3 is 0 Å². The van der Waals surface area contributed by atoms with E-state index >= 15 is 0 Å². The monoisotopic (exact) mass is 308 g/mol. The SMILES string of the molecule is Cc1ccc(F)cc1S(=O)(=O)N1CCCNCC1.Cl. The van der Waals surface area contributed by atoms with E-state index in [1.165, 1.54) is 16.4 Å². The van der Waals surface area contributed by atoms with Crippen molar-refractivity contribution < 1.29 is 12.8 Å². The first-order valence-corrected chi connectivity index (χ1v) is 7.43. The molecular formula is C12H18ClFN2O2S. The summed E-state index contributed by atoms with van der Waals surface area (Å²) in [7, 11) is -3.59. The van der Waals surface area contributed by atoms with E-state index in [9.17, 15) is 12.8 Å². The summed E-state index contributed by atoms with van der Waals surface area (Å²) in [4.78, 5) is 0.0735. The number of hydrogen-bond donors (Lipinski definition) is 1. The third-order valence-electron chi connectivity index (χ3n) is 3.07. The summed E-state index contributed by atoms with van der Waals surface area (Å²) in [6, 6.07) is 3.87. The van der Waals surface area contributed by atoms with Crippen molar-refractivity contribution in [1.82, 2.24) is 9.62 Å². The first kappa shape index (κ1) is 16.4. The standard InChI is InChI=1S/C12H17FN2O2S.ClH/c1-10-3-4-11(13)9-12(10)18(16,17)15-7-2-5-14-6-8-15;/h3-4,9,14H,2,5-8H2,1H3;1H. The molecule has 1 aliphatic heterocycles. The summed E-state index contributed by atoms with van der Waals surface area (Å²) >= 11 is 0.